The molecule has 0 bridgehead atoms. The van der Waals surface area contributed by atoms with Crippen LogP contribution in [0.2, 0.25) is 0 Å². The van der Waals surface area contributed by atoms with Gasteiger partial charge in [0, 0.05) is 29.0 Å². The third-order valence-corrected chi connectivity index (χ3v) is 3.86. The first-order valence-electron chi connectivity index (χ1n) is 6.88. The number of nitrogens with one attached hydrogen (secondary N) is 1. The van der Waals surface area contributed by atoms with Crippen molar-refractivity contribution in [1.29, 1.82) is 0 Å². The van der Waals surface area contributed by atoms with E-state index < -0.39 is 0 Å². The standard InChI is InChI=1S/C16H14N4O2S/c1-10-13(7-4-8-17-10)15(21)19-16-18-14(20-23-16)11-5-3-6-12(9-11)22-2/h3-9H,1-2H3,(H,18,19,20,21). The van der Waals surface area contributed by atoms with E-state index >= 15 is 0 Å². The summed E-state index contributed by atoms with van der Waals surface area (Å²) < 4.78 is 9.47. The normalized spacial score (nSPS) is 10.3. The summed E-state index contributed by atoms with van der Waals surface area (Å²) in [7, 11) is 1.61. The first kappa shape index (κ1) is 15.1. The van der Waals surface area contributed by atoms with E-state index in [1.807, 2.05) is 24.3 Å². The number of pyridine rings is 1. The largest absolute Gasteiger partial charge is 0.497 e. The van der Waals surface area contributed by atoms with Crippen LogP contribution in [-0.2, 0) is 0 Å². The Kier molecular flexibility index (Phi) is 4.29. The number of benzene rings is 1. The maximum Gasteiger partial charge on any atom is 0.259 e. The Labute approximate surface area is 137 Å². The van der Waals surface area contributed by atoms with Crippen molar-refractivity contribution < 1.29 is 9.53 Å². The van der Waals surface area contributed by atoms with E-state index in [2.05, 4.69) is 19.7 Å². The fourth-order valence-electron chi connectivity index (χ4n) is 2.04. The van der Waals surface area contributed by atoms with E-state index in [0.717, 1.165) is 22.8 Å². The van der Waals surface area contributed by atoms with E-state index in [0.29, 0.717) is 22.2 Å². The van der Waals surface area contributed by atoms with Crippen molar-refractivity contribution in [2.45, 2.75) is 6.92 Å². The fourth-order valence-corrected chi connectivity index (χ4v) is 2.63. The van der Waals surface area contributed by atoms with E-state index in [9.17, 15) is 4.79 Å². The Bertz CT molecular complexity index is 847. The second-order valence-corrected chi connectivity index (χ2v) is 5.50. The summed E-state index contributed by atoms with van der Waals surface area (Å²) in [6.45, 7) is 1.79. The van der Waals surface area contributed by atoms with Crippen molar-refractivity contribution in [3.8, 4) is 17.1 Å². The minimum atomic E-state index is -0.246. The summed E-state index contributed by atoms with van der Waals surface area (Å²) in [4.78, 5) is 20.7. The van der Waals surface area contributed by atoms with Crippen molar-refractivity contribution in [2.75, 3.05) is 12.4 Å². The molecule has 0 unspecified atom stereocenters. The van der Waals surface area contributed by atoms with Crippen LogP contribution in [0.5, 0.6) is 5.75 Å². The molecule has 3 aromatic rings. The molecule has 0 spiro atoms. The molecule has 1 amide bonds. The van der Waals surface area contributed by atoms with Gasteiger partial charge in [0.2, 0.25) is 5.13 Å². The molecule has 1 N–H and O–H groups in total. The monoisotopic (exact) mass is 326 g/mol. The van der Waals surface area contributed by atoms with Gasteiger partial charge in [-0.25, -0.2) is 0 Å². The number of hydrogen-bond donors (Lipinski definition) is 1. The summed E-state index contributed by atoms with van der Waals surface area (Å²) >= 11 is 1.13. The summed E-state index contributed by atoms with van der Waals surface area (Å²) in [6, 6.07) is 10.9. The van der Waals surface area contributed by atoms with Crippen LogP contribution in [0.15, 0.2) is 42.6 Å². The van der Waals surface area contributed by atoms with Crippen LogP contribution >= 0.6 is 11.5 Å². The maximum atomic E-state index is 12.2. The van der Waals surface area contributed by atoms with E-state index in [1.54, 1.807) is 32.4 Å². The van der Waals surface area contributed by atoms with Gasteiger partial charge in [0.05, 0.1) is 12.7 Å². The Hall–Kier alpha value is -2.80. The summed E-state index contributed by atoms with van der Waals surface area (Å²) in [5.41, 5.74) is 2.02. The van der Waals surface area contributed by atoms with Gasteiger partial charge in [0.25, 0.3) is 5.91 Å². The Balaban J connectivity index is 1.79. The van der Waals surface area contributed by atoms with Gasteiger partial charge in [-0.1, -0.05) is 12.1 Å². The van der Waals surface area contributed by atoms with E-state index in [-0.39, 0.29) is 5.91 Å². The predicted molar refractivity (Wildman–Crippen MR) is 88.8 cm³/mol. The molecule has 7 heteroatoms. The first-order valence-corrected chi connectivity index (χ1v) is 7.66. The highest BCUT2D eigenvalue weighted by atomic mass is 32.1. The van der Waals surface area contributed by atoms with Crippen LogP contribution in [0.25, 0.3) is 11.4 Å². The Morgan fingerprint density at radius 2 is 2.13 bits per heavy atom. The summed E-state index contributed by atoms with van der Waals surface area (Å²) in [5.74, 6) is 1.03. The molecule has 1 aromatic carbocycles. The third-order valence-electron chi connectivity index (χ3n) is 3.23. The average molecular weight is 326 g/mol. The number of anilines is 1. The van der Waals surface area contributed by atoms with E-state index in [4.69, 9.17) is 4.74 Å². The fraction of sp³-hybridized carbons (Fsp3) is 0.125. The molecule has 0 aliphatic rings. The molecule has 2 aromatic heterocycles. The van der Waals surface area contributed by atoms with Crippen LogP contribution in [0.3, 0.4) is 0 Å². The molecule has 0 fully saturated rings. The zero-order chi connectivity index (χ0) is 16.2. The zero-order valence-electron chi connectivity index (χ0n) is 12.6. The van der Waals surface area contributed by atoms with Gasteiger partial charge in [-0.3, -0.25) is 15.1 Å². The quantitative estimate of drug-likeness (QED) is 0.797. The highest BCUT2D eigenvalue weighted by Gasteiger charge is 2.13. The summed E-state index contributed by atoms with van der Waals surface area (Å²) in [5, 5.41) is 3.19. The molecule has 0 radical (unpaired) electrons. The average Bonchev–Trinajstić information content (AvgIpc) is 3.03. The molecule has 116 valence electrons. The number of amides is 1. The van der Waals surface area contributed by atoms with E-state index in [1.165, 1.54) is 0 Å². The van der Waals surface area contributed by atoms with Crippen LogP contribution in [-0.4, -0.2) is 27.4 Å². The van der Waals surface area contributed by atoms with Crippen molar-refractivity contribution in [2.24, 2.45) is 0 Å². The lowest BCUT2D eigenvalue weighted by Gasteiger charge is -2.03. The number of carbonyl (C=O) groups is 1. The second-order valence-electron chi connectivity index (χ2n) is 4.75. The lowest BCUT2D eigenvalue weighted by molar-refractivity contribution is 0.102. The smallest absolute Gasteiger partial charge is 0.259 e. The molecule has 0 aliphatic heterocycles. The second kappa shape index (κ2) is 6.53. The molecule has 0 atom stereocenters. The van der Waals surface area contributed by atoms with Crippen LogP contribution in [0, 0.1) is 6.92 Å². The number of methoxy groups -OCH3 is 1. The van der Waals surface area contributed by atoms with Gasteiger partial charge in [-0.05, 0) is 31.2 Å². The van der Waals surface area contributed by atoms with Gasteiger partial charge >= 0.3 is 0 Å². The lowest BCUT2D eigenvalue weighted by Crippen LogP contribution is -2.13. The third kappa shape index (κ3) is 3.35. The maximum absolute atomic E-state index is 12.2. The highest BCUT2D eigenvalue weighted by molar-refractivity contribution is 7.10. The topological polar surface area (TPSA) is 77.0 Å². The van der Waals surface area contributed by atoms with Gasteiger partial charge in [-0.2, -0.15) is 9.36 Å². The molecular weight excluding hydrogens is 312 g/mol. The van der Waals surface area contributed by atoms with Gasteiger partial charge < -0.3 is 4.74 Å². The molecule has 2 heterocycles. The lowest BCUT2D eigenvalue weighted by atomic mass is 10.2. The Morgan fingerprint density at radius 1 is 1.26 bits per heavy atom. The minimum Gasteiger partial charge on any atom is -0.497 e. The van der Waals surface area contributed by atoms with Crippen LogP contribution < -0.4 is 10.1 Å². The molecule has 3 rings (SSSR count). The van der Waals surface area contributed by atoms with Crippen LogP contribution in [0.4, 0.5) is 5.13 Å². The number of aryl methyl sites for hydroxylation is 1. The van der Waals surface area contributed by atoms with Crippen molar-refractivity contribution in [1.82, 2.24) is 14.3 Å². The molecule has 6 nitrogen and oxygen atoms in total. The highest BCUT2D eigenvalue weighted by Crippen LogP contribution is 2.24. The number of nitrogens with zero attached hydrogens (tertiary/aromatic N) is 3. The van der Waals surface area contributed by atoms with Crippen LogP contribution in [0.1, 0.15) is 16.1 Å². The van der Waals surface area contributed by atoms with Gasteiger partial charge in [-0.15, -0.1) is 0 Å². The molecular formula is C16H14N4O2S. The van der Waals surface area contributed by atoms with Gasteiger partial charge in [0.1, 0.15) is 5.75 Å². The number of carbonyl (C=O) groups excluding carboxylic acids is 1. The zero-order valence-corrected chi connectivity index (χ0v) is 13.4. The predicted octanol–water partition coefficient (Wildman–Crippen LogP) is 3.17. The SMILES string of the molecule is COc1cccc(-c2nsc(NC(=O)c3cccnc3C)n2)c1. The number of hydrogen-bond acceptors (Lipinski definition) is 6. The Morgan fingerprint density at radius 3 is 2.91 bits per heavy atom. The van der Waals surface area contributed by atoms with Crippen molar-refractivity contribution >= 4 is 22.6 Å². The van der Waals surface area contributed by atoms with Crippen molar-refractivity contribution in [3.63, 3.8) is 0 Å². The molecule has 0 saturated heterocycles. The number of aromatic nitrogens is 3. The molecule has 23 heavy (non-hydrogen) atoms. The summed E-state index contributed by atoms with van der Waals surface area (Å²) in [6.07, 6.45) is 1.65. The molecule has 0 saturated carbocycles. The minimum absolute atomic E-state index is 0.246. The first-order chi connectivity index (χ1) is 11.2. The van der Waals surface area contributed by atoms with Crippen molar-refractivity contribution in [3.05, 3.63) is 53.9 Å². The van der Waals surface area contributed by atoms with Gasteiger partial charge in [0.15, 0.2) is 5.82 Å². The number of rotatable bonds is 4. The molecule has 0 aliphatic carbocycles. The number of ether oxygens (including phenoxy) is 1.